The number of amides is 1. The zero-order valence-corrected chi connectivity index (χ0v) is 21.0. The van der Waals surface area contributed by atoms with E-state index in [4.69, 9.17) is 21.6 Å². The molecule has 2 N–H and O–H groups in total. The lowest BCUT2D eigenvalue weighted by atomic mass is 9.98. The van der Waals surface area contributed by atoms with E-state index < -0.39 is 0 Å². The van der Waals surface area contributed by atoms with Crippen molar-refractivity contribution in [2.75, 3.05) is 5.32 Å². The number of hydrogen-bond acceptors (Lipinski definition) is 4. The van der Waals surface area contributed by atoms with Crippen molar-refractivity contribution in [1.82, 2.24) is 10.3 Å². The molecule has 0 fully saturated rings. The maximum absolute atomic E-state index is 12.7. The molecule has 0 saturated heterocycles. The highest BCUT2D eigenvalue weighted by Gasteiger charge is 2.14. The van der Waals surface area contributed by atoms with Gasteiger partial charge in [-0.3, -0.25) is 10.1 Å². The van der Waals surface area contributed by atoms with Crippen molar-refractivity contribution >= 4 is 40.0 Å². The second-order valence-electron chi connectivity index (χ2n) is 8.87. The predicted molar refractivity (Wildman–Crippen MR) is 142 cm³/mol. The molecule has 0 saturated carbocycles. The molecule has 0 aliphatic rings. The molecule has 0 aliphatic carbocycles. The van der Waals surface area contributed by atoms with E-state index in [2.05, 4.69) is 36.6 Å². The number of carbonyl (C=O) groups is 1. The number of benzene rings is 3. The molecule has 1 heterocycles. The summed E-state index contributed by atoms with van der Waals surface area (Å²) in [6.45, 7) is 10.3. The molecule has 0 aliphatic heterocycles. The zero-order chi connectivity index (χ0) is 24.4. The van der Waals surface area contributed by atoms with E-state index in [9.17, 15) is 4.79 Å². The van der Waals surface area contributed by atoms with Gasteiger partial charge in [0.05, 0.1) is 0 Å². The fraction of sp³-hybridized carbons (Fsp3) is 0.250. The van der Waals surface area contributed by atoms with Gasteiger partial charge in [-0.2, -0.15) is 0 Å². The van der Waals surface area contributed by atoms with Crippen LogP contribution in [0.25, 0.3) is 22.6 Å². The molecule has 34 heavy (non-hydrogen) atoms. The van der Waals surface area contributed by atoms with Gasteiger partial charge in [0.15, 0.2) is 10.7 Å². The topological polar surface area (TPSA) is 67.2 Å². The van der Waals surface area contributed by atoms with E-state index in [1.165, 1.54) is 5.56 Å². The van der Waals surface area contributed by atoms with Crippen LogP contribution in [0.1, 0.15) is 58.8 Å². The minimum atomic E-state index is -0.242. The quantitative estimate of drug-likeness (QED) is 0.305. The van der Waals surface area contributed by atoms with Gasteiger partial charge in [-0.25, -0.2) is 4.98 Å². The van der Waals surface area contributed by atoms with Gasteiger partial charge in [-0.05, 0) is 92.9 Å². The van der Waals surface area contributed by atoms with Crippen molar-refractivity contribution in [2.24, 2.45) is 0 Å². The average Bonchev–Trinajstić information content (AvgIpc) is 3.22. The number of fused-ring (bicyclic) bond motifs is 1. The number of rotatable bonds is 5. The molecule has 6 heteroatoms. The largest absolute Gasteiger partial charge is 0.436 e. The number of aryl methyl sites for hydroxylation is 3. The average molecular weight is 472 g/mol. The van der Waals surface area contributed by atoms with E-state index in [1.807, 2.05) is 63.2 Å². The van der Waals surface area contributed by atoms with Crippen LogP contribution in [0.15, 0.2) is 59.0 Å². The lowest BCUT2D eigenvalue weighted by Crippen LogP contribution is -2.34. The monoisotopic (exact) mass is 471 g/mol. The summed E-state index contributed by atoms with van der Waals surface area (Å²) >= 11 is 5.42. The van der Waals surface area contributed by atoms with Gasteiger partial charge in [-0.1, -0.05) is 43.2 Å². The summed E-state index contributed by atoms with van der Waals surface area (Å²) in [6, 6.07) is 17.8. The van der Waals surface area contributed by atoms with Crippen molar-refractivity contribution in [3.8, 4) is 11.5 Å². The van der Waals surface area contributed by atoms with E-state index >= 15 is 0 Å². The normalized spacial score (nSPS) is 11.9. The molecule has 0 bridgehead atoms. The molecule has 5 nitrogen and oxygen atoms in total. The first-order valence-electron chi connectivity index (χ1n) is 11.5. The summed E-state index contributed by atoms with van der Waals surface area (Å²) < 4.78 is 6.03. The molecule has 4 rings (SSSR count). The predicted octanol–water partition coefficient (Wildman–Crippen LogP) is 7.06. The van der Waals surface area contributed by atoms with Crippen molar-refractivity contribution in [2.45, 2.75) is 47.0 Å². The molecule has 1 amide bonds. The van der Waals surface area contributed by atoms with Crippen LogP contribution in [-0.2, 0) is 0 Å². The number of nitrogens with one attached hydrogen (secondary N) is 2. The van der Waals surface area contributed by atoms with Gasteiger partial charge in [0.25, 0.3) is 5.91 Å². The summed E-state index contributed by atoms with van der Waals surface area (Å²) in [4.78, 5) is 17.4. The van der Waals surface area contributed by atoms with Crippen LogP contribution < -0.4 is 10.6 Å². The van der Waals surface area contributed by atoms with E-state index in [0.717, 1.165) is 45.5 Å². The standard InChI is InChI=1S/C28H29N3O2S/c1-6-18(4)20-9-10-25-24(14-20)29-27(33-25)21-8-7-19(5)23(15-21)30-28(34)31-26(32)22-12-16(2)11-17(3)13-22/h7-15,18H,6H2,1-5H3,(H2,30,31,32,34)/t18-/m0/s1. The fourth-order valence-corrected chi connectivity index (χ4v) is 4.14. The van der Waals surface area contributed by atoms with Crippen LogP contribution in [-0.4, -0.2) is 16.0 Å². The molecule has 1 aromatic heterocycles. The molecule has 4 aromatic rings. The number of hydrogen-bond donors (Lipinski definition) is 2. The number of nitrogens with zero attached hydrogens (tertiary/aromatic N) is 1. The first-order chi connectivity index (χ1) is 16.2. The second kappa shape index (κ2) is 9.77. The molecular weight excluding hydrogens is 442 g/mol. The van der Waals surface area contributed by atoms with Gasteiger partial charge in [-0.15, -0.1) is 0 Å². The Bertz CT molecular complexity index is 1370. The molecule has 1 atom stereocenters. The third kappa shape index (κ3) is 5.18. The van der Waals surface area contributed by atoms with Crippen LogP contribution in [0.4, 0.5) is 5.69 Å². The minimum Gasteiger partial charge on any atom is -0.436 e. The first kappa shape index (κ1) is 23.6. The molecule has 0 unspecified atom stereocenters. The van der Waals surface area contributed by atoms with Crippen LogP contribution in [0.3, 0.4) is 0 Å². The van der Waals surface area contributed by atoms with Gasteiger partial charge >= 0.3 is 0 Å². The molecule has 174 valence electrons. The number of thiocarbonyl (C=S) groups is 1. The Morgan fingerprint density at radius 3 is 2.47 bits per heavy atom. The second-order valence-corrected chi connectivity index (χ2v) is 9.28. The van der Waals surface area contributed by atoms with Gasteiger partial charge in [0, 0.05) is 16.8 Å². The van der Waals surface area contributed by atoms with Crippen molar-refractivity contribution in [3.05, 3.63) is 82.4 Å². The lowest BCUT2D eigenvalue weighted by Gasteiger charge is -2.13. The van der Waals surface area contributed by atoms with Crippen molar-refractivity contribution in [1.29, 1.82) is 0 Å². The SMILES string of the molecule is CC[C@H](C)c1ccc2oc(-c3ccc(C)c(NC(=S)NC(=O)c4cc(C)cc(C)c4)c3)nc2c1. The maximum Gasteiger partial charge on any atom is 0.257 e. The number of anilines is 1. The summed E-state index contributed by atoms with van der Waals surface area (Å²) in [5.41, 5.74) is 8.10. The molecule has 0 radical (unpaired) electrons. The third-order valence-corrected chi connectivity index (χ3v) is 6.24. The summed E-state index contributed by atoms with van der Waals surface area (Å²) in [5.74, 6) is 0.776. The highest BCUT2D eigenvalue weighted by molar-refractivity contribution is 7.80. The zero-order valence-electron chi connectivity index (χ0n) is 20.2. The Balaban J connectivity index is 1.54. The first-order valence-corrected chi connectivity index (χ1v) is 11.9. The maximum atomic E-state index is 12.7. The van der Waals surface area contributed by atoms with Gasteiger partial charge in [0.2, 0.25) is 5.89 Å². The Kier molecular flexibility index (Phi) is 6.80. The molecule has 3 aromatic carbocycles. The summed E-state index contributed by atoms with van der Waals surface area (Å²) in [5, 5.41) is 6.15. The van der Waals surface area contributed by atoms with Crippen LogP contribution >= 0.6 is 12.2 Å². The van der Waals surface area contributed by atoms with Crippen molar-refractivity contribution in [3.63, 3.8) is 0 Å². The third-order valence-electron chi connectivity index (χ3n) is 6.04. The fourth-order valence-electron chi connectivity index (χ4n) is 3.93. The van der Waals surface area contributed by atoms with Gasteiger partial charge in [0.1, 0.15) is 5.52 Å². The van der Waals surface area contributed by atoms with Gasteiger partial charge < -0.3 is 9.73 Å². The van der Waals surface area contributed by atoms with E-state index in [1.54, 1.807) is 0 Å². The molecule has 0 spiro atoms. The smallest absolute Gasteiger partial charge is 0.257 e. The number of oxazole rings is 1. The summed E-state index contributed by atoms with van der Waals surface area (Å²) in [7, 11) is 0. The number of aromatic nitrogens is 1. The highest BCUT2D eigenvalue weighted by atomic mass is 32.1. The highest BCUT2D eigenvalue weighted by Crippen LogP contribution is 2.30. The lowest BCUT2D eigenvalue weighted by molar-refractivity contribution is 0.0977. The Morgan fingerprint density at radius 1 is 1.03 bits per heavy atom. The Morgan fingerprint density at radius 2 is 1.76 bits per heavy atom. The molecular formula is C28H29N3O2S. The van der Waals surface area contributed by atoms with Crippen molar-refractivity contribution < 1.29 is 9.21 Å². The number of carbonyl (C=O) groups excluding carboxylic acids is 1. The minimum absolute atomic E-state index is 0.236. The summed E-state index contributed by atoms with van der Waals surface area (Å²) in [6.07, 6.45) is 1.07. The van der Waals surface area contributed by atoms with Crippen LogP contribution in [0.2, 0.25) is 0 Å². The Labute approximate surface area is 205 Å². The van der Waals surface area contributed by atoms with Crippen LogP contribution in [0.5, 0.6) is 0 Å². The van der Waals surface area contributed by atoms with Crippen LogP contribution in [0, 0.1) is 20.8 Å². The van der Waals surface area contributed by atoms with E-state index in [0.29, 0.717) is 17.4 Å². The van der Waals surface area contributed by atoms with E-state index in [-0.39, 0.29) is 11.0 Å². The Hall–Kier alpha value is -3.51.